The third-order valence-electron chi connectivity index (χ3n) is 2.90. The molecule has 2 heterocycles. The molecule has 0 spiro atoms. The number of rotatable bonds is 2. The van der Waals surface area contributed by atoms with E-state index in [-0.39, 0.29) is 5.54 Å². The molecule has 2 rings (SSSR count). The first-order valence-corrected chi connectivity index (χ1v) is 5.92. The van der Waals surface area contributed by atoms with Crippen LogP contribution in [0.25, 0.3) is 0 Å². The van der Waals surface area contributed by atoms with Crippen LogP contribution >= 0.6 is 11.6 Å². The summed E-state index contributed by atoms with van der Waals surface area (Å²) in [5.74, 6) is 0.649. The Bertz CT molecular complexity index is 340. The van der Waals surface area contributed by atoms with E-state index in [9.17, 15) is 0 Å². The van der Waals surface area contributed by atoms with E-state index in [1.807, 2.05) is 0 Å². The zero-order chi connectivity index (χ0) is 11.6. The van der Waals surface area contributed by atoms with Crippen LogP contribution < -0.4 is 10.6 Å². The van der Waals surface area contributed by atoms with E-state index in [4.69, 9.17) is 11.6 Å². The average Bonchev–Trinajstić information content (AvgIpc) is 2.24. The van der Waals surface area contributed by atoms with Gasteiger partial charge in [0, 0.05) is 18.1 Å². The van der Waals surface area contributed by atoms with Gasteiger partial charge < -0.3 is 10.6 Å². The van der Waals surface area contributed by atoms with Gasteiger partial charge in [-0.15, -0.1) is 0 Å². The number of nitrogens with zero attached hydrogens (tertiary/aromatic N) is 2. The van der Waals surface area contributed by atoms with Crippen molar-refractivity contribution in [2.75, 3.05) is 11.9 Å². The molecule has 16 heavy (non-hydrogen) atoms. The third kappa shape index (κ3) is 3.06. The molecule has 0 aliphatic carbocycles. The Balaban J connectivity index is 1.89. The Hall–Kier alpha value is -0.870. The minimum atomic E-state index is 0.249. The Labute approximate surface area is 101 Å². The van der Waals surface area contributed by atoms with Gasteiger partial charge in [0.25, 0.3) is 0 Å². The molecule has 1 aromatic heterocycles. The van der Waals surface area contributed by atoms with Crippen molar-refractivity contribution < 1.29 is 0 Å². The number of nitrogens with one attached hydrogen (secondary N) is 2. The first-order chi connectivity index (χ1) is 7.55. The molecule has 1 aliphatic heterocycles. The lowest BCUT2D eigenvalue weighted by molar-refractivity contribution is 0.289. The zero-order valence-electron chi connectivity index (χ0n) is 9.63. The standard InChI is InChI=1S/C11H17ClN4/c1-11(2)4-3-9(7-15-11)16-10-13-5-8(12)6-14-10/h5-6,9,15H,3-4,7H2,1-2H3,(H,13,14,16)/t9-/m0/s1. The van der Waals surface area contributed by atoms with Crippen molar-refractivity contribution in [1.82, 2.24) is 15.3 Å². The van der Waals surface area contributed by atoms with Crippen molar-refractivity contribution in [3.05, 3.63) is 17.4 Å². The van der Waals surface area contributed by atoms with Crippen LogP contribution in [-0.2, 0) is 0 Å². The van der Waals surface area contributed by atoms with Crippen molar-refractivity contribution in [3.8, 4) is 0 Å². The molecule has 4 nitrogen and oxygen atoms in total. The summed E-state index contributed by atoms with van der Waals surface area (Å²) in [5.41, 5.74) is 0.249. The molecule has 1 atom stereocenters. The fraction of sp³-hybridized carbons (Fsp3) is 0.636. The van der Waals surface area contributed by atoms with Crippen molar-refractivity contribution in [2.24, 2.45) is 0 Å². The average molecular weight is 241 g/mol. The van der Waals surface area contributed by atoms with Gasteiger partial charge in [-0.25, -0.2) is 9.97 Å². The number of anilines is 1. The molecule has 0 radical (unpaired) electrons. The molecule has 0 amide bonds. The summed E-state index contributed by atoms with van der Waals surface area (Å²) >= 11 is 5.73. The largest absolute Gasteiger partial charge is 0.350 e. The van der Waals surface area contributed by atoms with Gasteiger partial charge in [0.15, 0.2) is 0 Å². The molecule has 0 unspecified atom stereocenters. The molecular weight excluding hydrogens is 224 g/mol. The first kappa shape index (κ1) is 11.6. The lowest BCUT2D eigenvalue weighted by atomic mass is 9.91. The van der Waals surface area contributed by atoms with Gasteiger partial charge in [0.1, 0.15) is 0 Å². The van der Waals surface area contributed by atoms with Crippen LogP contribution in [0.2, 0.25) is 5.02 Å². The summed E-state index contributed by atoms with van der Waals surface area (Å²) < 4.78 is 0. The van der Waals surface area contributed by atoms with E-state index in [2.05, 4.69) is 34.4 Å². The van der Waals surface area contributed by atoms with E-state index in [1.165, 1.54) is 0 Å². The maximum atomic E-state index is 5.73. The summed E-state index contributed by atoms with van der Waals surface area (Å²) in [4.78, 5) is 8.25. The molecule has 1 aliphatic rings. The lowest BCUT2D eigenvalue weighted by Gasteiger charge is -2.36. The molecule has 0 aromatic carbocycles. The molecule has 88 valence electrons. The predicted octanol–water partition coefficient (Wildman–Crippen LogP) is 2.07. The summed E-state index contributed by atoms with van der Waals surface area (Å²) in [5, 5.41) is 7.36. The monoisotopic (exact) mass is 240 g/mol. The van der Waals surface area contributed by atoms with Gasteiger partial charge in [-0.1, -0.05) is 11.6 Å². The molecule has 1 aromatic rings. The van der Waals surface area contributed by atoms with E-state index < -0.39 is 0 Å². The highest BCUT2D eigenvalue weighted by Gasteiger charge is 2.26. The summed E-state index contributed by atoms with van der Waals surface area (Å²) in [6.07, 6.45) is 5.50. The quantitative estimate of drug-likeness (QED) is 0.831. The van der Waals surface area contributed by atoms with Gasteiger partial charge in [-0.3, -0.25) is 0 Å². The molecule has 5 heteroatoms. The summed E-state index contributed by atoms with van der Waals surface area (Å²) in [6, 6.07) is 0.397. The Kier molecular flexibility index (Phi) is 3.30. The maximum absolute atomic E-state index is 5.73. The van der Waals surface area contributed by atoms with Crippen molar-refractivity contribution in [1.29, 1.82) is 0 Å². The minimum Gasteiger partial charge on any atom is -0.350 e. The van der Waals surface area contributed by atoms with E-state index in [0.717, 1.165) is 19.4 Å². The van der Waals surface area contributed by atoms with Crippen molar-refractivity contribution in [3.63, 3.8) is 0 Å². The number of hydrogen-bond acceptors (Lipinski definition) is 4. The first-order valence-electron chi connectivity index (χ1n) is 5.54. The van der Waals surface area contributed by atoms with Gasteiger partial charge in [-0.2, -0.15) is 0 Å². The van der Waals surface area contributed by atoms with Crippen molar-refractivity contribution >= 4 is 17.5 Å². The van der Waals surface area contributed by atoms with Crippen LogP contribution in [0, 0.1) is 0 Å². The van der Waals surface area contributed by atoms with Crippen molar-refractivity contribution in [2.45, 2.75) is 38.3 Å². The van der Waals surface area contributed by atoms with Gasteiger partial charge in [0.05, 0.1) is 17.4 Å². The van der Waals surface area contributed by atoms with Crippen LogP contribution in [0.3, 0.4) is 0 Å². The second-order valence-corrected chi connectivity index (χ2v) is 5.31. The molecule has 0 bridgehead atoms. The highest BCUT2D eigenvalue weighted by atomic mass is 35.5. The van der Waals surface area contributed by atoms with Crippen LogP contribution in [0.1, 0.15) is 26.7 Å². The fourth-order valence-electron chi connectivity index (χ4n) is 1.82. The molecule has 0 saturated carbocycles. The van der Waals surface area contributed by atoms with E-state index >= 15 is 0 Å². The SMILES string of the molecule is CC1(C)CC[C@H](Nc2ncc(Cl)cn2)CN1. The highest BCUT2D eigenvalue weighted by Crippen LogP contribution is 2.19. The van der Waals surface area contributed by atoms with Crippen LogP contribution in [0.4, 0.5) is 5.95 Å². The number of aromatic nitrogens is 2. The minimum absolute atomic E-state index is 0.249. The Morgan fingerprint density at radius 2 is 2.12 bits per heavy atom. The zero-order valence-corrected chi connectivity index (χ0v) is 10.4. The molecule has 1 saturated heterocycles. The topological polar surface area (TPSA) is 49.8 Å². The van der Waals surface area contributed by atoms with Crippen LogP contribution in [-0.4, -0.2) is 28.1 Å². The smallest absolute Gasteiger partial charge is 0.222 e. The second-order valence-electron chi connectivity index (χ2n) is 4.87. The van der Waals surface area contributed by atoms with Crippen LogP contribution in [0.15, 0.2) is 12.4 Å². The number of hydrogen-bond donors (Lipinski definition) is 2. The number of halogens is 1. The second kappa shape index (κ2) is 4.55. The normalized spacial score (nSPS) is 24.1. The predicted molar refractivity (Wildman–Crippen MR) is 65.8 cm³/mol. The van der Waals surface area contributed by atoms with E-state index in [1.54, 1.807) is 12.4 Å². The molecular formula is C11H17ClN4. The number of piperidine rings is 1. The summed E-state index contributed by atoms with van der Waals surface area (Å²) in [7, 11) is 0. The Morgan fingerprint density at radius 3 is 2.69 bits per heavy atom. The van der Waals surface area contributed by atoms with Gasteiger partial charge in [0.2, 0.25) is 5.95 Å². The van der Waals surface area contributed by atoms with Crippen LogP contribution in [0.5, 0.6) is 0 Å². The maximum Gasteiger partial charge on any atom is 0.222 e. The fourth-order valence-corrected chi connectivity index (χ4v) is 1.92. The van der Waals surface area contributed by atoms with Gasteiger partial charge in [-0.05, 0) is 26.7 Å². The summed E-state index contributed by atoms with van der Waals surface area (Å²) in [6.45, 7) is 5.39. The van der Waals surface area contributed by atoms with E-state index in [0.29, 0.717) is 17.0 Å². The molecule has 1 fully saturated rings. The third-order valence-corrected chi connectivity index (χ3v) is 3.09. The van der Waals surface area contributed by atoms with Gasteiger partial charge >= 0.3 is 0 Å². The Morgan fingerprint density at radius 1 is 1.44 bits per heavy atom. The lowest BCUT2D eigenvalue weighted by Crippen LogP contribution is -2.50. The highest BCUT2D eigenvalue weighted by molar-refractivity contribution is 6.30. The molecule has 2 N–H and O–H groups in total.